The van der Waals surface area contributed by atoms with Crippen molar-refractivity contribution in [3.8, 4) is 0 Å². The molecule has 12 heavy (non-hydrogen) atoms. The first-order chi connectivity index (χ1) is 5.24. The second-order valence-electron chi connectivity index (χ2n) is 2.00. The van der Waals surface area contributed by atoms with E-state index in [-0.39, 0.29) is 21.1 Å². The molecule has 4 heteroatoms. The van der Waals surface area contributed by atoms with E-state index >= 15 is 0 Å². The van der Waals surface area contributed by atoms with Crippen LogP contribution >= 0.6 is 0 Å². The van der Waals surface area contributed by atoms with Crippen LogP contribution in [0.3, 0.4) is 0 Å². The summed E-state index contributed by atoms with van der Waals surface area (Å²) in [5.74, 6) is 0. The summed E-state index contributed by atoms with van der Waals surface area (Å²) >= 11 is 0. The van der Waals surface area contributed by atoms with Crippen molar-refractivity contribution in [3.63, 3.8) is 0 Å². The van der Waals surface area contributed by atoms with E-state index in [9.17, 15) is 0 Å². The van der Waals surface area contributed by atoms with Crippen LogP contribution in [0.4, 0.5) is 0 Å². The van der Waals surface area contributed by atoms with Crippen LogP contribution < -0.4 is 0 Å². The van der Waals surface area contributed by atoms with Crippen molar-refractivity contribution in [3.05, 3.63) is 16.4 Å². The summed E-state index contributed by atoms with van der Waals surface area (Å²) in [6, 6.07) is 0. The van der Waals surface area contributed by atoms with Crippen molar-refractivity contribution in [2.45, 2.75) is 19.8 Å². The fraction of sp³-hybridized carbons (Fsp3) is 1.00. The first-order valence-electron chi connectivity index (χ1n) is 3.85. The zero-order valence-electron chi connectivity index (χ0n) is 8.92. The Bertz CT molecular complexity index is 33.5. The largest absolute Gasteiger partial charge is 0.677 e. The maximum Gasteiger partial charge on any atom is 0 e. The normalized spacial score (nSPS) is 6.50. The molecule has 0 aliphatic carbocycles. The zero-order valence-corrected chi connectivity index (χ0v) is 11.9. The number of unbranched alkanes of at least 4 members (excludes halogenated alkanes) is 1. The van der Waals surface area contributed by atoms with E-state index in [1.54, 1.807) is 28.2 Å². The first kappa shape index (κ1) is 22.9. The smallest absolute Gasteiger partial charge is 0 e. The van der Waals surface area contributed by atoms with E-state index in [1.807, 2.05) is 0 Å². The van der Waals surface area contributed by atoms with Gasteiger partial charge >= 0.3 is 0 Å². The Morgan fingerprint density at radius 1 is 1.00 bits per heavy atom. The minimum atomic E-state index is 0. The number of nitrogens with one attached hydrogen (secondary N) is 1. The van der Waals surface area contributed by atoms with Crippen LogP contribution in [0.2, 0.25) is 0 Å². The zero-order chi connectivity index (χ0) is 9.54. The Hall–Kier alpha value is 0.568. The molecular formula is C8H22N3W-3. The Labute approximate surface area is 92.1 Å². The first-order valence-corrected chi connectivity index (χ1v) is 3.85. The molecule has 0 atom stereocenters. The molecule has 0 saturated heterocycles. The SMILES string of the molecule is CCCC[NH-].C[N-]C.C[N-]C.[W]. The molecule has 0 unspecified atom stereocenters. The van der Waals surface area contributed by atoms with Crippen LogP contribution in [0.5, 0.6) is 0 Å². The Kier molecular flexibility index (Phi) is 79.6. The minimum Gasteiger partial charge on any atom is -0.677 e. The average molecular weight is 344 g/mol. The summed E-state index contributed by atoms with van der Waals surface area (Å²) in [6.07, 6.45) is 2.21. The van der Waals surface area contributed by atoms with E-state index < -0.39 is 0 Å². The van der Waals surface area contributed by atoms with Crippen LogP contribution in [-0.2, 0) is 21.1 Å². The van der Waals surface area contributed by atoms with Gasteiger partial charge in [-0.2, -0.15) is 34.7 Å². The Balaban J connectivity index is -0.0000000406. The van der Waals surface area contributed by atoms with E-state index in [0.717, 1.165) is 12.8 Å². The van der Waals surface area contributed by atoms with Crippen molar-refractivity contribution in [1.29, 1.82) is 0 Å². The van der Waals surface area contributed by atoms with Gasteiger partial charge in [-0.15, -0.1) is 0 Å². The van der Waals surface area contributed by atoms with Gasteiger partial charge in [-0.1, -0.05) is 19.8 Å². The van der Waals surface area contributed by atoms with Gasteiger partial charge in [0, 0.05) is 21.1 Å². The van der Waals surface area contributed by atoms with Crippen LogP contribution in [0.15, 0.2) is 0 Å². The number of hydrogen-bond donors (Lipinski definition) is 0. The van der Waals surface area contributed by atoms with E-state index in [4.69, 9.17) is 5.73 Å². The van der Waals surface area contributed by atoms with E-state index in [1.165, 1.54) is 0 Å². The van der Waals surface area contributed by atoms with Crippen molar-refractivity contribution in [1.82, 2.24) is 0 Å². The molecule has 0 aromatic heterocycles. The minimum absolute atomic E-state index is 0. The third kappa shape index (κ3) is 147. The number of nitrogens with zero attached hydrogens (tertiary/aromatic N) is 2. The molecule has 0 radical (unpaired) electrons. The van der Waals surface area contributed by atoms with Gasteiger partial charge in [-0.25, -0.2) is 0 Å². The van der Waals surface area contributed by atoms with E-state index in [0.29, 0.717) is 6.54 Å². The molecule has 0 aliphatic rings. The summed E-state index contributed by atoms with van der Waals surface area (Å²) < 4.78 is 0. The summed E-state index contributed by atoms with van der Waals surface area (Å²) in [6.45, 7) is 2.69. The maximum atomic E-state index is 6.60. The predicted octanol–water partition coefficient (Wildman–Crippen LogP) is 3.08. The second kappa shape index (κ2) is 41.7. The van der Waals surface area contributed by atoms with Crippen molar-refractivity contribution in [2.24, 2.45) is 0 Å². The standard InChI is InChI=1S/C4H10N.2C2H6N.W/c1-2-3-4-5;2*1-3-2;/h5H,2-4H2,1H3;2*1-2H3;/q3*-1;. The van der Waals surface area contributed by atoms with Crippen molar-refractivity contribution in [2.75, 3.05) is 34.7 Å². The third-order valence-electron chi connectivity index (χ3n) is 0.530. The van der Waals surface area contributed by atoms with Gasteiger partial charge in [0.2, 0.25) is 0 Å². The Morgan fingerprint density at radius 3 is 1.25 bits per heavy atom. The summed E-state index contributed by atoms with van der Waals surface area (Å²) in [5.41, 5.74) is 6.60. The van der Waals surface area contributed by atoms with Gasteiger partial charge in [-0.3, -0.25) is 0 Å². The molecule has 0 aromatic carbocycles. The quantitative estimate of drug-likeness (QED) is 0.739. The topological polar surface area (TPSA) is 52.0 Å². The van der Waals surface area contributed by atoms with Crippen LogP contribution in [0.25, 0.3) is 16.4 Å². The Morgan fingerprint density at radius 2 is 1.25 bits per heavy atom. The summed E-state index contributed by atoms with van der Waals surface area (Å²) in [5, 5.41) is 7.00. The van der Waals surface area contributed by atoms with Crippen molar-refractivity contribution >= 4 is 0 Å². The number of rotatable bonds is 2. The maximum absolute atomic E-state index is 6.60. The molecule has 3 nitrogen and oxygen atoms in total. The van der Waals surface area contributed by atoms with Gasteiger partial charge in [0.15, 0.2) is 0 Å². The molecule has 0 amide bonds. The molecule has 0 aromatic rings. The van der Waals surface area contributed by atoms with Gasteiger partial charge in [0.25, 0.3) is 0 Å². The van der Waals surface area contributed by atoms with Gasteiger partial charge in [0.05, 0.1) is 0 Å². The number of hydrogen-bond acceptors (Lipinski definition) is 0. The molecule has 0 bridgehead atoms. The molecule has 0 rings (SSSR count). The van der Waals surface area contributed by atoms with Gasteiger partial charge in [0.1, 0.15) is 0 Å². The fourth-order valence-electron chi connectivity index (χ4n) is 0.177. The molecule has 78 valence electrons. The molecule has 0 saturated carbocycles. The summed E-state index contributed by atoms with van der Waals surface area (Å²) in [7, 11) is 7.00. The predicted molar refractivity (Wildman–Crippen MR) is 54.5 cm³/mol. The van der Waals surface area contributed by atoms with E-state index in [2.05, 4.69) is 17.6 Å². The second-order valence-corrected chi connectivity index (χ2v) is 2.00. The van der Waals surface area contributed by atoms with Crippen LogP contribution in [-0.4, -0.2) is 34.7 Å². The monoisotopic (exact) mass is 344 g/mol. The molecule has 0 aliphatic heterocycles. The molecular weight excluding hydrogens is 322 g/mol. The third-order valence-corrected chi connectivity index (χ3v) is 0.530. The van der Waals surface area contributed by atoms with Gasteiger partial charge in [-0.05, 0) is 0 Å². The average Bonchev–Trinajstić information content (AvgIpc) is 1.92. The van der Waals surface area contributed by atoms with Crippen LogP contribution in [0.1, 0.15) is 19.8 Å². The van der Waals surface area contributed by atoms with Crippen molar-refractivity contribution < 1.29 is 21.1 Å². The summed E-state index contributed by atoms with van der Waals surface area (Å²) in [4.78, 5) is 0. The fourth-order valence-corrected chi connectivity index (χ4v) is 0.177. The molecule has 0 heterocycles. The molecule has 0 spiro atoms. The molecule has 0 fully saturated rings. The van der Waals surface area contributed by atoms with Crippen LogP contribution in [0, 0.1) is 0 Å². The van der Waals surface area contributed by atoms with Gasteiger partial charge < -0.3 is 16.4 Å². The molecule has 1 N–H and O–H groups in total.